The van der Waals surface area contributed by atoms with Gasteiger partial charge in [-0.25, -0.2) is 4.79 Å². The van der Waals surface area contributed by atoms with E-state index >= 15 is 0 Å². The first-order chi connectivity index (χ1) is 11.7. The maximum absolute atomic E-state index is 12.7. The molecule has 1 atom stereocenters. The van der Waals surface area contributed by atoms with Crippen molar-refractivity contribution in [2.45, 2.75) is 44.4 Å². The molecule has 2 aliphatic heterocycles. The molecule has 0 aromatic heterocycles. The van der Waals surface area contributed by atoms with Crippen LogP contribution in [0.15, 0.2) is 30.3 Å². The summed E-state index contributed by atoms with van der Waals surface area (Å²) in [5.41, 5.74) is 1.33. The van der Waals surface area contributed by atoms with E-state index < -0.39 is 0 Å². The van der Waals surface area contributed by atoms with Crippen LogP contribution in [0.1, 0.15) is 44.6 Å². The fourth-order valence-electron chi connectivity index (χ4n) is 3.94. The van der Waals surface area contributed by atoms with Crippen LogP contribution in [0.4, 0.5) is 4.79 Å². The van der Waals surface area contributed by atoms with Gasteiger partial charge in [0.25, 0.3) is 0 Å². The number of carbonyl (C=O) groups excluding carboxylic acids is 1. The van der Waals surface area contributed by atoms with Crippen LogP contribution in [0.3, 0.4) is 0 Å². The van der Waals surface area contributed by atoms with Crippen molar-refractivity contribution in [3.63, 3.8) is 0 Å². The highest BCUT2D eigenvalue weighted by Crippen LogP contribution is 2.34. The van der Waals surface area contributed by atoms with Crippen molar-refractivity contribution in [2.24, 2.45) is 5.92 Å². The van der Waals surface area contributed by atoms with E-state index in [9.17, 15) is 4.79 Å². The van der Waals surface area contributed by atoms with E-state index in [4.69, 9.17) is 4.74 Å². The molecule has 4 nitrogen and oxygen atoms in total. The number of rotatable bonds is 3. The standard InChI is InChI=1S/C20H30N2O2/c1-17-6-5-12-22(13-9-17)19(23)21-16-20(10-14-24-15-11-20)18-7-3-2-4-8-18/h2-4,7-8,17H,5-6,9-16H2,1H3,(H,21,23)/t17-/m0/s1. The molecular formula is C20H30N2O2. The lowest BCUT2D eigenvalue weighted by molar-refractivity contribution is 0.0501. The second kappa shape index (κ2) is 8.02. The summed E-state index contributed by atoms with van der Waals surface area (Å²) < 4.78 is 5.57. The van der Waals surface area contributed by atoms with Gasteiger partial charge in [-0.3, -0.25) is 0 Å². The van der Waals surface area contributed by atoms with Gasteiger partial charge in [-0.15, -0.1) is 0 Å². The van der Waals surface area contributed by atoms with Crippen LogP contribution < -0.4 is 5.32 Å². The maximum Gasteiger partial charge on any atom is 0.317 e. The number of amides is 2. The first kappa shape index (κ1) is 17.3. The van der Waals surface area contributed by atoms with Crippen molar-refractivity contribution in [3.05, 3.63) is 35.9 Å². The lowest BCUT2D eigenvalue weighted by Crippen LogP contribution is -2.48. The van der Waals surface area contributed by atoms with E-state index in [0.717, 1.165) is 57.9 Å². The highest BCUT2D eigenvalue weighted by Gasteiger charge is 2.35. The van der Waals surface area contributed by atoms with Gasteiger partial charge >= 0.3 is 6.03 Å². The molecular weight excluding hydrogens is 300 g/mol. The summed E-state index contributed by atoms with van der Waals surface area (Å²) >= 11 is 0. The van der Waals surface area contributed by atoms with Gasteiger partial charge in [-0.05, 0) is 43.6 Å². The summed E-state index contributed by atoms with van der Waals surface area (Å²) in [6.45, 7) is 6.29. The molecule has 0 unspecified atom stereocenters. The minimum Gasteiger partial charge on any atom is -0.381 e. The summed E-state index contributed by atoms with van der Waals surface area (Å²) in [7, 11) is 0. The molecule has 24 heavy (non-hydrogen) atoms. The van der Waals surface area contributed by atoms with E-state index in [1.165, 1.54) is 12.0 Å². The third kappa shape index (κ3) is 4.10. The number of urea groups is 1. The van der Waals surface area contributed by atoms with Gasteiger partial charge in [-0.1, -0.05) is 37.3 Å². The number of likely N-dealkylation sites (tertiary alicyclic amines) is 1. The fraction of sp³-hybridized carbons (Fsp3) is 0.650. The summed E-state index contributed by atoms with van der Waals surface area (Å²) in [5.74, 6) is 0.731. The summed E-state index contributed by atoms with van der Waals surface area (Å²) in [6, 6.07) is 10.7. The Morgan fingerprint density at radius 1 is 1.21 bits per heavy atom. The molecule has 1 N–H and O–H groups in total. The van der Waals surface area contributed by atoms with Gasteiger partial charge < -0.3 is 15.0 Å². The summed E-state index contributed by atoms with van der Waals surface area (Å²) in [6.07, 6.45) is 5.40. The van der Waals surface area contributed by atoms with Crippen molar-refractivity contribution in [2.75, 3.05) is 32.8 Å². The van der Waals surface area contributed by atoms with Gasteiger partial charge in [0.05, 0.1) is 0 Å². The third-order valence-corrected chi connectivity index (χ3v) is 5.72. The molecule has 2 amide bonds. The number of carbonyl (C=O) groups is 1. The van der Waals surface area contributed by atoms with E-state index in [-0.39, 0.29) is 11.4 Å². The Balaban J connectivity index is 1.64. The molecule has 4 heteroatoms. The van der Waals surface area contributed by atoms with Gasteiger partial charge in [-0.2, -0.15) is 0 Å². The Labute approximate surface area is 145 Å². The minimum atomic E-state index is 0.00824. The summed E-state index contributed by atoms with van der Waals surface area (Å²) in [4.78, 5) is 14.7. The molecule has 0 aliphatic carbocycles. The van der Waals surface area contributed by atoms with Crippen molar-refractivity contribution in [3.8, 4) is 0 Å². The van der Waals surface area contributed by atoms with Crippen LogP contribution in [0.25, 0.3) is 0 Å². The monoisotopic (exact) mass is 330 g/mol. The lowest BCUT2D eigenvalue weighted by Gasteiger charge is -2.38. The van der Waals surface area contributed by atoms with Crippen LogP contribution in [0.2, 0.25) is 0 Å². The van der Waals surface area contributed by atoms with Crippen LogP contribution in [-0.2, 0) is 10.2 Å². The Hall–Kier alpha value is -1.55. The largest absolute Gasteiger partial charge is 0.381 e. The maximum atomic E-state index is 12.7. The zero-order valence-corrected chi connectivity index (χ0v) is 14.8. The molecule has 2 fully saturated rings. The van der Waals surface area contributed by atoms with Crippen molar-refractivity contribution < 1.29 is 9.53 Å². The summed E-state index contributed by atoms with van der Waals surface area (Å²) in [5, 5.41) is 3.24. The molecule has 0 spiro atoms. The fourth-order valence-corrected chi connectivity index (χ4v) is 3.94. The van der Waals surface area contributed by atoms with Crippen molar-refractivity contribution in [1.82, 2.24) is 10.2 Å². The van der Waals surface area contributed by atoms with Crippen LogP contribution in [0.5, 0.6) is 0 Å². The normalized spacial score (nSPS) is 24.2. The molecule has 0 bridgehead atoms. The first-order valence-electron chi connectivity index (χ1n) is 9.36. The number of ether oxygens (including phenoxy) is 1. The highest BCUT2D eigenvalue weighted by atomic mass is 16.5. The number of hydrogen-bond donors (Lipinski definition) is 1. The molecule has 0 saturated carbocycles. The number of hydrogen-bond acceptors (Lipinski definition) is 2. The Morgan fingerprint density at radius 2 is 1.96 bits per heavy atom. The zero-order chi connectivity index (χ0) is 16.8. The van der Waals surface area contributed by atoms with E-state index in [1.807, 2.05) is 11.0 Å². The number of nitrogens with zero attached hydrogens (tertiary/aromatic N) is 1. The molecule has 2 aliphatic rings. The van der Waals surface area contributed by atoms with E-state index in [0.29, 0.717) is 6.54 Å². The lowest BCUT2D eigenvalue weighted by atomic mass is 9.74. The zero-order valence-electron chi connectivity index (χ0n) is 14.8. The van der Waals surface area contributed by atoms with Crippen LogP contribution in [0, 0.1) is 5.92 Å². The smallest absolute Gasteiger partial charge is 0.317 e. The molecule has 1 aromatic carbocycles. The average Bonchev–Trinajstić information content (AvgIpc) is 2.86. The quantitative estimate of drug-likeness (QED) is 0.920. The Kier molecular flexibility index (Phi) is 5.77. The topological polar surface area (TPSA) is 41.6 Å². The van der Waals surface area contributed by atoms with Gasteiger partial charge in [0, 0.05) is 38.3 Å². The van der Waals surface area contributed by atoms with Crippen LogP contribution >= 0.6 is 0 Å². The molecule has 2 saturated heterocycles. The number of nitrogens with one attached hydrogen (secondary N) is 1. The second-order valence-corrected chi connectivity index (χ2v) is 7.44. The van der Waals surface area contributed by atoms with Gasteiger partial charge in [0.15, 0.2) is 0 Å². The molecule has 132 valence electrons. The average molecular weight is 330 g/mol. The SMILES string of the molecule is C[C@H]1CCCN(C(=O)NCC2(c3ccccc3)CCOCC2)CC1. The molecule has 3 rings (SSSR count). The predicted octanol–water partition coefficient (Wildman–Crippen LogP) is 3.57. The van der Waals surface area contributed by atoms with Crippen molar-refractivity contribution >= 4 is 6.03 Å². The first-order valence-corrected chi connectivity index (χ1v) is 9.36. The molecule has 0 radical (unpaired) electrons. The predicted molar refractivity (Wildman–Crippen MR) is 96.2 cm³/mol. The highest BCUT2D eigenvalue weighted by molar-refractivity contribution is 5.74. The Morgan fingerprint density at radius 3 is 2.71 bits per heavy atom. The van der Waals surface area contributed by atoms with Crippen LogP contribution in [-0.4, -0.2) is 43.8 Å². The molecule has 1 aromatic rings. The number of benzene rings is 1. The Bertz CT molecular complexity index is 526. The second-order valence-electron chi connectivity index (χ2n) is 7.44. The van der Waals surface area contributed by atoms with Gasteiger partial charge in [0.2, 0.25) is 0 Å². The third-order valence-electron chi connectivity index (χ3n) is 5.72. The van der Waals surface area contributed by atoms with Gasteiger partial charge in [0.1, 0.15) is 0 Å². The molecule has 2 heterocycles. The van der Waals surface area contributed by atoms with Crippen molar-refractivity contribution in [1.29, 1.82) is 0 Å². The minimum absolute atomic E-state index is 0.00824. The van der Waals surface area contributed by atoms with E-state index in [2.05, 4.69) is 36.5 Å². The van der Waals surface area contributed by atoms with E-state index in [1.54, 1.807) is 0 Å².